The van der Waals surface area contributed by atoms with Crippen molar-refractivity contribution in [3.63, 3.8) is 0 Å². The van der Waals surface area contributed by atoms with E-state index < -0.39 is 16.7 Å². The molecule has 9 heteroatoms. The van der Waals surface area contributed by atoms with Crippen LogP contribution in [0.1, 0.15) is 13.3 Å². The quantitative estimate of drug-likeness (QED) is 0.307. The van der Waals surface area contributed by atoms with E-state index >= 15 is 0 Å². The maximum absolute atomic E-state index is 6.03. The highest BCUT2D eigenvalue weighted by atomic mass is 33.2. The first-order valence-electron chi connectivity index (χ1n) is 6.87. The van der Waals surface area contributed by atoms with Crippen molar-refractivity contribution >= 4 is 71.5 Å². The molecule has 0 saturated carbocycles. The second kappa shape index (κ2) is 7.89. The van der Waals surface area contributed by atoms with Gasteiger partial charge in [-0.25, -0.2) is 0 Å². The highest BCUT2D eigenvalue weighted by Crippen LogP contribution is 2.37. The number of rotatable bonds is 6. The van der Waals surface area contributed by atoms with Gasteiger partial charge in [0, 0.05) is 33.0 Å². The maximum atomic E-state index is 6.03. The van der Waals surface area contributed by atoms with Crippen LogP contribution in [0.4, 0.5) is 5.69 Å². The van der Waals surface area contributed by atoms with Gasteiger partial charge in [0.1, 0.15) is 15.4 Å². The second-order valence-electron chi connectivity index (χ2n) is 4.91. The summed E-state index contributed by atoms with van der Waals surface area (Å²) in [6.45, 7) is 2.17. The normalized spacial score (nSPS) is 22.5. The van der Waals surface area contributed by atoms with Gasteiger partial charge in [0.15, 0.2) is 0 Å². The second-order valence-corrected chi connectivity index (χ2v) is 14.7. The van der Waals surface area contributed by atoms with E-state index in [0.717, 1.165) is 22.0 Å². The molecule has 22 heavy (non-hydrogen) atoms. The minimum absolute atomic E-state index is 0.127. The van der Waals surface area contributed by atoms with Crippen LogP contribution in [0, 0.1) is 0 Å². The predicted molar refractivity (Wildman–Crippen MR) is 107 cm³/mol. The number of hydrogen-bond donors (Lipinski definition) is 0. The topological polar surface area (TPSA) is 21.5 Å². The molecule has 0 fully saturated rings. The molecule has 0 amide bonds. The van der Waals surface area contributed by atoms with E-state index in [2.05, 4.69) is 13.0 Å². The van der Waals surface area contributed by atoms with Crippen molar-refractivity contribution in [2.24, 2.45) is 0 Å². The Bertz CT molecular complexity index is 734. The fourth-order valence-electron chi connectivity index (χ4n) is 2.61. The smallest absolute Gasteiger partial charge is 0.213 e. The highest BCUT2D eigenvalue weighted by Gasteiger charge is 2.39. The molecular formula is C13H19NO2S5Si. The molecule has 2 atom stereocenters. The zero-order valence-corrected chi connectivity index (χ0v) is 18.2. The molecule has 0 N–H and O–H groups in total. The summed E-state index contributed by atoms with van der Waals surface area (Å²) in [6.07, 6.45) is 0.979. The van der Waals surface area contributed by atoms with E-state index in [1.54, 1.807) is 14.2 Å². The minimum atomic E-state index is -1.69. The van der Waals surface area contributed by atoms with Gasteiger partial charge in [-0.2, -0.15) is 0 Å². The SMILES string of the molecule is CCC([SiH2]C(OC)OC)C1=[N+]([S-])c2ccccc2S1(=S)=S=S. The lowest BCUT2D eigenvalue weighted by Gasteiger charge is -2.20. The summed E-state index contributed by atoms with van der Waals surface area (Å²) in [5.41, 5.74) is 1.35. The zero-order chi connectivity index (χ0) is 16.3. The molecule has 2 rings (SSSR count). The fourth-order valence-corrected chi connectivity index (χ4v) is 12.9. The molecule has 3 nitrogen and oxygen atoms in total. The molecule has 0 radical (unpaired) electrons. The number of hydrogen-bond acceptors (Lipinski definition) is 5. The lowest BCUT2D eigenvalue weighted by atomic mass is 10.3. The van der Waals surface area contributed by atoms with Gasteiger partial charge in [-0.1, -0.05) is 19.1 Å². The molecular weight excluding hydrogens is 391 g/mol. The molecule has 122 valence electrons. The van der Waals surface area contributed by atoms with Gasteiger partial charge >= 0.3 is 0 Å². The largest absolute Gasteiger partial charge is 0.426 e. The molecule has 0 spiro atoms. The fraction of sp³-hybridized carbons (Fsp3) is 0.462. The van der Waals surface area contributed by atoms with Gasteiger partial charge in [-0.3, -0.25) is 3.98 Å². The minimum Gasteiger partial charge on any atom is -0.426 e. The Kier molecular flexibility index (Phi) is 6.67. The van der Waals surface area contributed by atoms with Crippen molar-refractivity contribution in [2.75, 3.05) is 14.2 Å². The van der Waals surface area contributed by atoms with Crippen molar-refractivity contribution in [2.45, 2.75) is 29.7 Å². The summed E-state index contributed by atoms with van der Waals surface area (Å²) in [6, 6.07) is 8.11. The molecule has 0 aromatic heterocycles. The molecule has 0 aliphatic carbocycles. The van der Waals surface area contributed by atoms with E-state index in [1.165, 1.54) is 8.88 Å². The van der Waals surface area contributed by atoms with Crippen molar-refractivity contribution < 1.29 is 13.5 Å². The summed E-state index contributed by atoms with van der Waals surface area (Å²) >= 11 is 17.1. The van der Waals surface area contributed by atoms with Crippen molar-refractivity contribution in [1.29, 1.82) is 0 Å². The monoisotopic (exact) mass is 409 g/mol. The van der Waals surface area contributed by atoms with Crippen LogP contribution in [0.5, 0.6) is 0 Å². The maximum Gasteiger partial charge on any atom is 0.213 e. The third-order valence-corrected chi connectivity index (χ3v) is 15.3. The Balaban J connectivity index is 2.56. The van der Waals surface area contributed by atoms with E-state index in [9.17, 15) is 0 Å². The lowest BCUT2D eigenvalue weighted by Crippen LogP contribution is -2.33. The number of nitrogens with zero attached hydrogens (tertiary/aromatic N) is 1. The average Bonchev–Trinajstić information content (AvgIpc) is 2.79. The van der Waals surface area contributed by atoms with Crippen LogP contribution in [0.15, 0.2) is 29.2 Å². The van der Waals surface area contributed by atoms with Crippen LogP contribution in [0.25, 0.3) is 0 Å². The third kappa shape index (κ3) is 3.23. The molecule has 1 aliphatic heterocycles. The Hall–Kier alpha value is 0.257. The number of para-hydroxylation sites is 1. The standard InChI is InChI=1S/C13H19NO2S5Si/c1-4-11(22-13(15-2)16-3)12-14(17)9-7-5-6-8-10(9)21(12,19)20-18/h5-8,11,13H,4,22H2,1-3H3. The average molecular weight is 410 g/mol. The summed E-state index contributed by atoms with van der Waals surface area (Å²) in [7, 11) is 2.32. The van der Waals surface area contributed by atoms with Crippen LogP contribution in [0.3, 0.4) is 0 Å². The van der Waals surface area contributed by atoms with E-state index in [1.807, 2.05) is 22.2 Å². The molecule has 2 unspecified atom stereocenters. The van der Waals surface area contributed by atoms with E-state index in [0.29, 0.717) is 5.54 Å². The third-order valence-electron chi connectivity index (χ3n) is 3.79. The van der Waals surface area contributed by atoms with Crippen LogP contribution in [-0.4, -0.2) is 38.7 Å². The zero-order valence-electron chi connectivity index (χ0n) is 12.7. The number of ether oxygens (including phenoxy) is 2. The van der Waals surface area contributed by atoms with Crippen LogP contribution in [-0.2, 0) is 60.7 Å². The number of fused-ring (bicyclic) bond motifs is 1. The first-order valence-corrected chi connectivity index (χ1v) is 13.7. The first kappa shape index (κ1) is 18.6. The molecule has 1 aromatic rings. The molecule has 0 saturated heterocycles. The van der Waals surface area contributed by atoms with Crippen LogP contribution >= 0.6 is 0 Å². The highest BCUT2D eigenvalue weighted by molar-refractivity contribution is 8.71. The van der Waals surface area contributed by atoms with Gasteiger partial charge in [0.2, 0.25) is 10.7 Å². The van der Waals surface area contributed by atoms with Crippen molar-refractivity contribution in [3.8, 4) is 0 Å². The molecule has 1 aliphatic rings. The first-order chi connectivity index (χ1) is 10.5. The van der Waals surface area contributed by atoms with E-state index in [4.69, 9.17) is 44.7 Å². The Labute approximate surface area is 152 Å². The van der Waals surface area contributed by atoms with Crippen molar-refractivity contribution in [3.05, 3.63) is 24.3 Å². The van der Waals surface area contributed by atoms with Crippen LogP contribution < -0.4 is 0 Å². The summed E-state index contributed by atoms with van der Waals surface area (Å²) in [5, 5.41) is 1.13. The Morgan fingerprint density at radius 1 is 1.36 bits per heavy atom. The summed E-state index contributed by atoms with van der Waals surface area (Å²) < 4.78 is 12.7. The van der Waals surface area contributed by atoms with Gasteiger partial charge in [0.25, 0.3) is 0 Å². The predicted octanol–water partition coefficient (Wildman–Crippen LogP) is 1.58. The van der Waals surface area contributed by atoms with Gasteiger partial charge in [0.05, 0.1) is 4.90 Å². The van der Waals surface area contributed by atoms with Gasteiger partial charge in [-0.05, 0) is 43.7 Å². The van der Waals surface area contributed by atoms with Gasteiger partial charge in [-0.15, -0.1) is 0 Å². The molecule has 1 heterocycles. The lowest BCUT2D eigenvalue weighted by molar-refractivity contribution is -0.235. The van der Waals surface area contributed by atoms with Gasteiger partial charge < -0.3 is 22.3 Å². The number of benzene rings is 1. The Morgan fingerprint density at radius 3 is 2.55 bits per heavy atom. The molecule has 1 aromatic carbocycles. The van der Waals surface area contributed by atoms with Crippen LogP contribution in [0.2, 0.25) is 5.54 Å². The number of methoxy groups -OCH3 is 2. The Morgan fingerprint density at radius 2 is 2.00 bits per heavy atom. The summed E-state index contributed by atoms with van der Waals surface area (Å²) in [5.74, 6) is -0.127. The van der Waals surface area contributed by atoms with E-state index in [-0.39, 0.29) is 5.91 Å². The summed E-state index contributed by atoms with van der Waals surface area (Å²) in [4.78, 5) is 1.12. The molecule has 0 bridgehead atoms. The van der Waals surface area contributed by atoms with Crippen molar-refractivity contribution in [1.82, 2.24) is 0 Å².